The molecule has 0 aliphatic heterocycles. The Morgan fingerprint density at radius 2 is 2.03 bits per heavy atom. The second-order valence-corrected chi connectivity index (χ2v) is 10.3. The fraction of sp³-hybridized carbons (Fsp3) is 0.526. The highest BCUT2D eigenvalue weighted by atomic mass is 35.5. The molecule has 5 atom stereocenters. The minimum absolute atomic E-state index is 0.00971. The predicted octanol–water partition coefficient (Wildman–Crippen LogP) is 1.62. The molecular weight excluding hydrogens is 420 g/mol. The fourth-order valence-electron chi connectivity index (χ4n) is 4.84. The van der Waals surface area contributed by atoms with Crippen molar-refractivity contribution in [2.45, 2.75) is 29.4 Å². The molecule has 0 aromatic heterocycles. The number of aliphatic carboxylic acids is 1. The van der Waals surface area contributed by atoms with Gasteiger partial charge in [0.15, 0.2) is 9.84 Å². The van der Waals surface area contributed by atoms with Crippen LogP contribution < -0.4 is 5.73 Å². The van der Waals surface area contributed by atoms with Gasteiger partial charge in [-0.3, -0.25) is 9.59 Å². The molecule has 10 heteroatoms. The molecule has 1 aromatic rings. The number of nitriles is 1. The van der Waals surface area contributed by atoms with Crippen molar-refractivity contribution in [2.75, 3.05) is 13.7 Å². The van der Waals surface area contributed by atoms with Crippen molar-refractivity contribution in [1.82, 2.24) is 0 Å². The lowest BCUT2D eigenvalue weighted by atomic mass is 9.71. The van der Waals surface area contributed by atoms with E-state index in [2.05, 4.69) is 0 Å². The average Bonchev–Trinajstić information content (AvgIpc) is 3.30. The zero-order chi connectivity index (χ0) is 21.6. The topological polar surface area (TPSA) is 148 Å². The van der Waals surface area contributed by atoms with Crippen LogP contribution in [0.2, 0.25) is 5.02 Å². The molecular formula is C19H21ClN2O6S. The van der Waals surface area contributed by atoms with E-state index in [1.165, 1.54) is 19.2 Å². The number of carbonyl (C=O) groups excluding carboxylic acids is 1. The number of sulfone groups is 1. The Morgan fingerprint density at radius 1 is 1.38 bits per heavy atom. The minimum Gasteiger partial charge on any atom is -0.481 e. The van der Waals surface area contributed by atoms with Crippen molar-refractivity contribution in [1.29, 1.82) is 5.26 Å². The van der Waals surface area contributed by atoms with Gasteiger partial charge in [0.1, 0.15) is 5.41 Å². The molecule has 2 fully saturated rings. The molecule has 3 rings (SSSR count). The summed E-state index contributed by atoms with van der Waals surface area (Å²) in [6.45, 7) is -0.0163. The van der Waals surface area contributed by atoms with Crippen LogP contribution in [0.4, 0.5) is 0 Å². The summed E-state index contributed by atoms with van der Waals surface area (Å²) in [7, 11) is -2.56. The quantitative estimate of drug-likeness (QED) is 0.654. The molecule has 0 bridgehead atoms. The molecule has 1 aromatic carbocycles. The van der Waals surface area contributed by atoms with Gasteiger partial charge in [-0.2, -0.15) is 5.26 Å². The Balaban J connectivity index is 2.07. The van der Waals surface area contributed by atoms with Crippen molar-refractivity contribution in [3.05, 3.63) is 29.3 Å². The highest BCUT2D eigenvalue weighted by Crippen LogP contribution is 2.68. The number of nitrogens with zero attached hydrogens (tertiary/aromatic N) is 1. The average molecular weight is 441 g/mol. The number of halogens is 1. The Kier molecular flexibility index (Phi) is 5.41. The van der Waals surface area contributed by atoms with Gasteiger partial charge in [-0.15, -0.1) is 0 Å². The van der Waals surface area contributed by atoms with Gasteiger partial charge in [0.25, 0.3) is 0 Å². The van der Waals surface area contributed by atoms with E-state index in [4.69, 9.17) is 22.1 Å². The first kappa shape index (κ1) is 21.6. The second-order valence-electron chi connectivity index (χ2n) is 7.74. The summed E-state index contributed by atoms with van der Waals surface area (Å²) in [5.41, 5.74) is 2.17. The number of hydrogen-bond acceptors (Lipinski definition) is 6. The molecule has 0 spiro atoms. The van der Waals surface area contributed by atoms with Gasteiger partial charge in [-0.05, 0) is 37.3 Å². The number of hydrogen-bond donors (Lipinski definition) is 2. The monoisotopic (exact) mass is 440 g/mol. The van der Waals surface area contributed by atoms with Crippen LogP contribution in [0.5, 0.6) is 0 Å². The number of benzene rings is 1. The molecule has 2 aliphatic carbocycles. The van der Waals surface area contributed by atoms with Gasteiger partial charge >= 0.3 is 5.97 Å². The van der Waals surface area contributed by atoms with Crippen molar-refractivity contribution in [2.24, 2.45) is 28.4 Å². The van der Waals surface area contributed by atoms with Crippen LogP contribution in [0.15, 0.2) is 29.2 Å². The predicted molar refractivity (Wildman–Crippen MR) is 102 cm³/mol. The fourth-order valence-corrected chi connectivity index (χ4v) is 7.24. The van der Waals surface area contributed by atoms with E-state index in [9.17, 15) is 28.4 Å². The highest BCUT2D eigenvalue weighted by molar-refractivity contribution is 7.92. The SMILES string of the molecule is COC[C@@H]1C[C@H](S(=O)(=O)c2ccccc2Cl)C[C@@]1(C(=O)O)C1CC1(C#N)C(N)=O. The number of ether oxygens (including phenoxy) is 1. The van der Waals surface area contributed by atoms with Crippen molar-refractivity contribution >= 4 is 33.3 Å². The summed E-state index contributed by atoms with van der Waals surface area (Å²) in [6.07, 6.45) is -0.236. The second kappa shape index (κ2) is 7.27. The number of carbonyl (C=O) groups is 2. The van der Waals surface area contributed by atoms with Gasteiger partial charge < -0.3 is 15.6 Å². The van der Waals surface area contributed by atoms with Crippen LogP contribution in [0.3, 0.4) is 0 Å². The van der Waals surface area contributed by atoms with Crippen LogP contribution in [0, 0.1) is 34.0 Å². The summed E-state index contributed by atoms with van der Waals surface area (Å²) < 4.78 is 31.7. The third kappa shape index (κ3) is 3.10. The van der Waals surface area contributed by atoms with Gasteiger partial charge in [-0.25, -0.2) is 8.42 Å². The molecule has 2 unspecified atom stereocenters. The summed E-state index contributed by atoms with van der Waals surface area (Å²) >= 11 is 6.08. The van der Waals surface area contributed by atoms with E-state index in [0.29, 0.717) is 0 Å². The molecule has 0 saturated heterocycles. The van der Waals surface area contributed by atoms with Gasteiger partial charge in [-0.1, -0.05) is 23.7 Å². The molecule has 8 nitrogen and oxygen atoms in total. The van der Waals surface area contributed by atoms with Crippen molar-refractivity contribution < 1.29 is 27.9 Å². The van der Waals surface area contributed by atoms with E-state index in [1.54, 1.807) is 12.1 Å². The first-order valence-electron chi connectivity index (χ1n) is 8.99. The van der Waals surface area contributed by atoms with Crippen LogP contribution in [0.25, 0.3) is 0 Å². The zero-order valence-electron chi connectivity index (χ0n) is 15.7. The van der Waals surface area contributed by atoms with E-state index >= 15 is 0 Å². The van der Waals surface area contributed by atoms with E-state index in [0.717, 1.165) is 0 Å². The Bertz CT molecular complexity index is 1010. The molecule has 1 amide bonds. The van der Waals surface area contributed by atoms with E-state index in [-0.39, 0.29) is 35.8 Å². The van der Waals surface area contributed by atoms with E-state index in [1.807, 2.05) is 6.07 Å². The van der Waals surface area contributed by atoms with E-state index < -0.39 is 49.6 Å². The molecule has 2 aliphatic rings. The molecule has 2 saturated carbocycles. The number of carboxylic acid groups (broad SMARTS) is 1. The van der Waals surface area contributed by atoms with Crippen molar-refractivity contribution in [3.63, 3.8) is 0 Å². The smallest absolute Gasteiger partial charge is 0.310 e. The van der Waals surface area contributed by atoms with Crippen molar-refractivity contribution in [3.8, 4) is 6.07 Å². The summed E-state index contributed by atoms with van der Waals surface area (Å²) in [5, 5.41) is 18.7. The maximum Gasteiger partial charge on any atom is 0.310 e. The molecule has 0 heterocycles. The maximum atomic E-state index is 13.2. The normalized spacial score (nSPS) is 33.8. The standard InChI is InChI=1S/C19H21ClN2O6S/c1-28-9-11-6-12(29(26,27)14-5-3-2-4-13(14)20)7-19(11,17(24)25)15-8-18(15,10-21)16(22)23/h2-5,11-12,15H,6-9H2,1H3,(H2,22,23)(H,24,25)/t11-,12-,15?,18?,19-/m0/s1. The number of carboxylic acids is 1. The third-order valence-corrected chi connectivity index (χ3v) is 9.06. The Morgan fingerprint density at radius 3 is 2.52 bits per heavy atom. The molecule has 0 radical (unpaired) electrons. The Hall–Kier alpha value is -2.15. The largest absolute Gasteiger partial charge is 0.481 e. The highest BCUT2D eigenvalue weighted by Gasteiger charge is 2.74. The van der Waals surface area contributed by atoms with Crippen LogP contribution in [-0.2, 0) is 24.2 Å². The number of primary amides is 1. The summed E-state index contributed by atoms with van der Waals surface area (Å²) in [4.78, 5) is 24.3. The number of nitrogens with two attached hydrogens (primary N) is 1. The number of amides is 1. The molecule has 3 N–H and O–H groups in total. The lowest BCUT2D eigenvalue weighted by molar-refractivity contribution is -0.155. The summed E-state index contributed by atoms with van der Waals surface area (Å²) in [6, 6.07) is 7.84. The van der Waals surface area contributed by atoms with Crippen LogP contribution in [0.1, 0.15) is 19.3 Å². The number of rotatable bonds is 7. The summed E-state index contributed by atoms with van der Waals surface area (Å²) in [5.74, 6) is -3.72. The first-order chi connectivity index (χ1) is 13.6. The lowest BCUT2D eigenvalue weighted by Crippen LogP contribution is -2.43. The maximum absolute atomic E-state index is 13.2. The zero-order valence-corrected chi connectivity index (χ0v) is 17.2. The van der Waals surface area contributed by atoms with Gasteiger partial charge in [0.2, 0.25) is 5.91 Å². The van der Waals surface area contributed by atoms with Crippen LogP contribution >= 0.6 is 11.6 Å². The minimum atomic E-state index is -3.95. The number of methoxy groups -OCH3 is 1. The third-order valence-electron chi connectivity index (χ3n) is 6.41. The molecule has 29 heavy (non-hydrogen) atoms. The van der Waals surface area contributed by atoms with Crippen LogP contribution in [-0.4, -0.2) is 44.4 Å². The Labute approximate surface area is 173 Å². The first-order valence-corrected chi connectivity index (χ1v) is 10.9. The lowest BCUT2D eigenvalue weighted by Gasteiger charge is -2.32. The molecule has 156 valence electrons. The van der Waals surface area contributed by atoms with Gasteiger partial charge in [0.05, 0.1) is 33.3 Å². The van der Waals surface area contributed by atoms with Gasteiger partial charge in [0, 0.05) is 13.0 Å².